The highest BCUT2D eigenvalue weighted by Gasteiger charge is 2.34. The molecule has 30 heavy (non-hydrogen) atoms. The quantitative estimate of drug-likeness (QED) is 0.265. The largest absolute Gasteiger partial charge is 0.468 e. The molecule has 1 heterocycles. The van der Waals surface area contributed by atoms with Crippen LogP contribution in [-0.2, 0) is 9.53 Å². The van der Waals surface area contributed by atoms with Gasteiger partial charge in [-0.3, -0.25) is 9.69 Å². The predicted molar refractivity (Wildman–Crippen MR) is 122 cm³/mol. The van der Waals surface area contributed by atoms with Gasteiger partial charge in [-0.2, -0.15) is 0 Å². The van der Waals surface area contributed by atoms with Gasteiger partial charge in [0.05, 0.1) is 17.2 Å². The van der Waals surface area contributed by atoms with Gasteiger partial charge in [-0.25, -0.2) is 0 Å². The number of nitrogens with zero attached hydrogens (tertiary/aromatic N) is 2. The van der Waals surface area contributed by atoms with Crippen LogP contribution in [0.25, 0.3) is 0 Å². The Hall–Kier alpha value is -1.03. The number of piperazine rings is 1. The van der Waals surface area contributed by atoms with Crippen LogP contribution < -0.4 is 10.6 Å². The third-order valence-electron chi connectivity index (χ3n) is 5.66. The minimum atomic E-state index is -1.32. The molecule has 1 aliphatic rings. The first-order chi connectivity index (χ1) is 14.2. The smallest absolute Gasteiger partial charge is 0.451 e. The van der Waals surface area contributed by atoms with E-state index in [9.17, 15) is 4.79 Å². The van der Waals surface area contributed by atoms with E-state index in [0.717, 1.165) is 44.8 Å². The zero-order valence-corrected chi connectivity index (χ0v) is 19.0. The minimum Gasteiger partial charge on any atom is -0.468 e. The summed E-state index contributed by atoms with van der Waals surface area (Å²) in [4.78, 5) is 16.9. The SMILES string of the molecule is COC(=O)C(N)(CCCCB(O)O)CCCN1CCN(c2ccc(Cl)c(Cl)c2)CC1. The van der Waals surface area contributed by atoms with Gasteiger partial charge in [-0.05, 0) is 50.3 Å². The molecule has 1 atom stereocenters. The van der Waals surface area contributed by atoms with Crippen molar-refractivity contribution in [3.63, 3.8) is 0 Å². The van der Waals surface area contributed by atoms with Crippen LogP contribution >= 0.6 is 23.2 Å². The maximum absolute atomic E-state index is 12.2. The van der Waals surface area contributed by atoms with Crippen LogP contribution in [0.5, 0.6) is 0 Å². The van der Waals surface area contributed by atoms with Gasteiger partial charge in [0.2, 0.25) is 0 Å². The Morgan fingerprint density at radius 1 is 1.13 bits per heavy atom. The predicted octanol–water partition coefficient (Wildman–Crippen LogP) is 2.41. The monoisotopic (exact) mass is 459 g/mol. The van der Waals surface area contributed by atoms with E-state index in [1.54, 1.807) is 0 Å². The first-order valence-corrected chi connectivity index (χ1v) is 11.2. The number of methoxy groups -OCH3 is 1. The van der Waals surface area contributed by atoms with Crippen molar-refractivity contribution in [2.24, 2.45) is 5.73 Å². The van der Waals surface area contributed by atoms with E-state index in [4.69, 9.17) is 43.7 Å². The number of unbranched alkanes of at least 4 members (excludes halogenated alkanes) is 1. The van der Waals surface area contributed by atoms with Crippen molar-refractivity contribution < 1.29 is 19.6 Å². The lowest BCUT2D eigenvalue weighted by Crippen LogP contribution is -2.50. The van der Waals surface area contributed by atoms with Gasteiger partial charge in [-0.15, -0.1) is 0 Å². The molecule has 1 aromatic rings. The number of anilines is 1. The van der Waals surface area contributed by atoms with Gasteiger partial charge in [0.15, 0.2) is 0 Å². The van der Waals surface area contributed by atoms with E-state index >= 15 is 0 Å². The van der Waals surface area contributed by atoms with Crippen molar-refractivity contribution in [2.75, 3.05) is 44.7 Å². The molecule has 0 bridgehead atoms. The molecule has 1 aliphatic heterocycles. The Bertz CT molecular complexity index is 690. The second kappa shape index (κ2) is 12.1. The number of hydrogen-bond acceptors (Lipinski definition) is 7. The highest BCUT2D eigenvalue weighted by molar-refractivity contribution is 6.42. The van der Waals surface area contributed by atoms with Crippen LogP contribution in [-0.4, -0.2) is 73.4 Å². The molecular weight excluding hydrogens is 428 g/mol. The fraction of sp³-hybridized carbons (Fsp3) is 0.650. The first kappa shape index (κ1) is 25.2. The molecule has 0 saturated carbocycles. The molecule has 0 radical (unpaired) electrons. The van der Waals surface area contributed by atoms with Crippen LogP contribution in [0, 0.1) is 0 Å². The van der Waals surface area contributed by atoms with Gasteiger partial charge in [0.1, 0.15) is 5.54 Å². The second-order valence-corrected chi connectivity index (χ2v) is 8.72. The molecule has 4 N–H and O–H groups in total. The Kier molecular flexibility index (Phi) is 10.2. The molecule has 1 saturated heterocycles. The average molecular weight is 460 g/mol. The van der Waals surface area contributed by atoms with E-state index in [0.29, 0.717) is 35.7 Å². The fourth-order valence-corrected chi connectivity index (χ4v) is 4.12. The van der Waals surface area contributed by atoms with Gasteiger partial charge in [0, 0.05) is 31.9 Å². The summed E-state index contributed by atoms with van der Waals surface area (Å²) in [5.74, 6) is -0.406. The van der Waals surface area contributed by atoms with Crippen molar-refractivity contribution in [1.29, 1.82) is 0 Å². The van der Waals surface area contributed by atoms with Gasteiger partial charge >= 0.3 is 13.1 Å². The summed E-state index contributed by atoms with van der Waals surface area (Å²) in [7, 11) is 0.0294. The highest BCUT2D eigenvalue weighted by atomic mass is 35.5. The van der Waals surface area contributed by atoms with Gasteiger partial charge in [-0.1, -0.05) is 36.0 Å². The molecule has 0 aliphatic carbocycles. The number of halogens is 2. The number of ether oxygens (including phenoxy) is 1. The molecule has 2 rings (SSSR count). The minimum absolute atomic E-state index is 0.278. The van der Waals surface area contributed by atoms with Crippen molar-refractivity contribution in [3.05, 3.63) is 28.2 Å². The lowest BCUT2D eigenvalue weighted by molar-refractivity contribution is -0.147. The lowest BCUT2D eigenvalue weighted by atomic mass is 9.81. The molecule has 10 heteroatoms. The summed E-state index contributed by atoms with van der Waals surface area (Å²) in [5.41, 5.74) is 6.40. The van der Waals surface area contributed by atoms with Crippen molar-refractivity contribution in [3.8, 4) is 0 Å². The third-order valence-corrected chi connectivity index (χ3v) is 6.40. The van der Waals surface area contributed by atoms with Gasteiger partial charge in [0.25, 0.3) is 0 Å². The lowest BCUT2D eigenvalue weighted by Gasteiger charge is -2.36. The summed E-state index contributed by atoms with van der Waals surface area (Å²) in [5, 5.41) is 19.0. The van der Waals surface area contributed by atoms with Crippen LogP contribution in [0.2, 0.25) is 16.4 Å². The van der Waals surface area contributed by atoms with Crippen molar-refractivity contribution >= 4 is 42.0 Å². The summed E-state index contributed by atoms with van der Waals surface area (Å²) < 4.78 is 4.91. The summed E-state index contributed by atoms with van der Waals surface area (Å²) >= 11 is 12.1. The first-order valence-electron chi connectivity index (χ1n) is 10.4. The highest BCUT2D eigenvalue weighted by Crippen LogP contribution is 2.28. The molecule has 0 amide bonds. The topological polar surface area (TPSA) is 99.3 Å². The van der Waals surface area contributed by atoms with Gasteiger partial charge < -0.3 is 25.4 Å². The molecule has 7 nitrogen and oxygen atoms in total. The van der Waals surface area contributed by atoms with Crippen molar-refractivity contribution in [2.45, 2.75) is 44.0 Å². The molecule has 1 fully saturated rings. The van der Waals surface area contributed by atoms with E-state index < -0.39 is 18.6 Å². The molecule has 168 valence electrons. The molecule has 1 aromatic carbocycles. The zero-order valence-electron chi connectivity index (χ0n) is 17.5. The maximum atomic E-state index is 12.2. The van der Waals surface area contributed by atoms with E-state index in [1.165, 1.54) is 7.11 Å². The van der Waals surface area contributed by atoms with E-state index in [1.807, 2.05) is 18.2 Å². The Labute approximate surface area is 189 Å². The molecule has 0 aromatic heterocycles. The second-order valence-electron chi connectivity index (χ2n) is 7.90. The fourth-order valence-electron chi connectivity index (χ4n) is 3.83. The Balaban J connectivity index is 1.77. The average Bonchev–Trinajstić information content (AvgIpc) is 2.73. The summed E-state index contributed by atoms with van der Waals surface area (Å²) in [6.07, 6.45) is 3.32. The standard InChI is InChI=1S/C20H32BCl2N3O4/c1-30-19(27)20(24,7-2-3-9-21(28)29)8-4-10-25-11-13-26(14-12-25)16-5-6-17(22)18(23)15-16/h5-6,15,28-29H,2-4,7-14,24H2,1H3. The summed E-state index contributed by atoms with van der Waals surface area (Å²) in [6.45, 7) is 4.49. The number of carbonyl (C=O) groups excluding carboxylic acids is 1. The van der Waals surface area contributed by atoms with Crippen LogP contribution in [0.15, 0.2) is 18.2 Å². The molecule has 1 unspecified atom stereocenters. The number of carbonyl (C=O) groups is 1. The summed E-state index contributed by atoms with van der Waals surface area (Å²) in [6, 6.07) is 5.70. The van der Waals surface area contributed by atoms with E-state index in [2.05, 4.69) is 9.80 Å². The molecular formula is C20H32BCl2N3O4. The normalized spacial score (nSPS) is 16.9. The van der Waals surface area contributed by atoms with Crippen molar-refractivity contribution in [1.82, 2.24) is 4.90 Å². The number of rotatable bonds is 11. The van der Waals surface area contributed by atoms with E-state index in [-0.39, 0.29) is 6.32 Å². The van der Waals surface area contributed by atoms with Crippen LogP contribution in [0.1, 0.15) is 32.1 Å². The number of nitrogens with two attached hydrogens (primary N) is 1. The maximum Gasteiger partial charge on any atom is 0.451 e. The Morgan fingerprint density at radius 2 is 1.80 bits per heavy atom. The molecule has 0 spiro atoms. The Morgan fingerprint density at radius 3 is 2.40 bits per heavy atom. The number of esters is 1. The van der Waals surface area contributed by atoms with Crippen LogP contribution in [0.4, 0.5) is 5.69 Å². The number of benzene rings is 1. The number of hydrogen-bond donors (Lipinski definition) is 3. The third kappa shape index (κ3) is 7.59. The van der Waals surface area contributed by atoms with Crippen LogP contribution in [0.3, 0.4) is 0 Å². The zero-order chi connectivity index (χ0) is 22.1.